The fraction of sp³-hybridized carbons (Fsp3) is 0.286. The second-order valence-corrected chi connectivity index (χ2v) is 5.14. The molecule has 0 unspecified atom stereocenters. The van der Waals surface area contributed by atoms with Crippen molar-refractivity contribution in [1.82, 2.24) is 14.9 Å². The second-order valence-electron chi connectivity index (χ2n) is 4.38. The molecule has 1 heterocycles. The van der Waals surface area contributed by atoms with Crippen molar-refractivity contribution in [1.29, 1.82) is 0 Å². The first-order chi connectivity index (χ1) is 10.6. The molecule has 1 aromatic carbocycles. The van der Waals surface area contributed by atoms with Crippen molar-refractivity contribution in [3.63, 3.8) is 0 Å². The lowest BCUT2D eigenvalue weighted by Gasteiger charge is -2.06. The van der Waals surface area contributed by atoms with Crippen LogP contribution in [-0.2, 0) is 22.5 Å². The first kappa shape index (κ1) is 16.0. The average molecular weight is 323 g/mol. The smallest absolute Gasteiger partial charge is 0.352 e. The van der Waals surface area contributed by atoms with E-state index < -0.39 is 11.9 Å². The van der Waals surface area contributed by atoms with Crippen LogP contribution < -0.4 is 5.32 Å². The van der Waals surface area contributed by atoms with Crippen molar-refractivity contribution in [2.24, 2.45) is 0 Å². The number of halogens is 1. The maximum Gasteiger partial charge on any atom is 0.352 e. The van der Waals surface area contributed by atoms with Crippen LogP contribution in [0.15, 0.2) is 24.3 Å². The largest absolute Gasteiger partial charge is 0.451 e. The van der Waals surface area contributed by atoms with Crippen molar-refractivity contribution in [3.8, 4) is 0 Å². The van der Waals surface area contributed by atoms with Gasteiger partial charge in [-0.2, -0.15) is 0 Å². The Kier molecular flexibility index (Phi) is 5.54. The number of nitrogens with one attached hydrogen (secondary N) is 1. The molecule has 0 atom stereocenters. The highest BCUT2D eigenvalue weighted by Crippen LogP contribution is 2.12. The van der Waals surface area contributed by atoms with Gasteiger partial charge in [0, 0.05) is 6.54 Å². The fourth-order valence-electron chi connectivity index (χ4n) is 1.65. The molecule has 2 aromatic rings. The molecule has 0 spiro atoms. The summed E-state index contributed by atoms with van der Waals surface area (Å²) in [5.41, 5.74) is 1.31. The monoisotopic (exact) mass is 323 g/mol. The van der Waals surface area contributed by atoms with Crippen LogP contribution in [0.4, 0.5) is 4.39 Å². The number of nitrogens with zero attached hydrogens (tertiary/aromatic N) is 2. The van der Waals surface area contributed by atoms with Crippen LogP contribution in [0, 0.1) is 5.82 Å². The number of carbonyl (C=O) groups excluding carboxylic acids is 2. The maximum absolute atomic E-state index is 12.7. The van der Waals surface area contributed by atoms with Gasteiger partial charge in [-0.15, -0.1) is 5.10 Å². The van der Waals surface area contributed by atoms with Crippen LogP contribution in [0.2, 0.25) is 0 Å². The van der Waals surface area contributed by atoms with Gasteiger partial charge >= 0.3 is 5.97 Å². The zero-order valence-electron chi connectivity index (χ0n) is 11.8. The molecule has 0 saturated carbocycles. The number of amides is 1. The third-order valence-corrected chi connectivity index (χ3v) is 3.56. The first-order valence-electron chi connectivity index (χ1n) is 6.59. The van der Waals surface area contributed by atoms with E-state index in [1.54, 1.807) is 12.1 Å². The molecule has 0 fully saturated rings. The van der Waals surface area contributed by atoms with E-state index in [1.165, 1.54) is 12.1 Å². The molecule has 0 aliphatic rings. The van der Waals surface area contributed by atoms with Crippen LogP contribution in [0.3, 0.4) is 0 Å². The summed E-state index contributed by atoms with van der Waals surface area (Å²) in [6.07, 6.45) is 0.567. The summed E-state index contributed by atoms with van der Waals surface area (Å²) in [5.74, 6) is -1.38. The lowest BCUT2D eigenvalue weighted by Crippen LogP contribution is -2.28. The SMILES string of the molecule is CCc1nnsc1C(=O)OCC(=O)NCc1ccc(F)cc1. The Hall–Kier alpha value is -2.35. The molecular weight excluding hydrogens is 309 g/mol. The van der Waals surface area contributed by atoms with Crippen molar-refractivity contribution in [2.45, 2.75) is 19.9 Å². The van der Waals surface area contributed by atoms with E-state index in [0.29, 0.717) is 17.0 Å². The molecule has 116 valence electrons. The number of esters is 1. The predicted octanol–water partition coefficient (Wildman–Crippen LogP) is 1.71. The van der Waals surface area contributed by atoms with Crippen LogP contribution in [0.25, 0.3) is 0 Å². The topological polar surface area (TPSA) is 81.2 Å². The van der Waals surface area contributed by atoms with Gasteiger partial charge in [-0.05, 0) is 35.6 Å². The number of aryl methyl sites for hydroxylation is 1. The van der Waals surface area contributed by atoms with Gasteiger partial charge < -0.3 is 10.1 Å². The first-order valence-corrected chi connectivity index (χ1v) is 7.37. The molecule has 1 aromatic heterocycles. The molecule has 6 nitrogen and oxygen atoms in total. The molecule has 2 rings (SSSR count). The fourth-order valence-corrected chi connectivity index (χ4v) is 2.29. The zero-order chi connectivity index (χ0) is 15.9. The summed E-state index contributed by atoms with van der Waals surface area (Å²) >= 11 is 0.943. The molecule has 0 radical (unpaired) electrons. The van der Waals surface area contributed by atoms with Crippen molar-refractivity contribution >= 4 is 23.4 Å². The van der Waals surface area contributed by atoms with Gasteiger partial charge in [0.15, 0.2) is 11.5 Å². The maximum atomic E-state index is 12.7. The highest BCUT2D eigenvalue weighted by molar-refractivity contribution is 7.07. The average Bonchev–Trinajstić information content (AvgIpc) is 3.00. The van der Waals surface area contributed by atoms with Crippen LogP contribution in [0.1, 0.15) is 27.9 Å². The lowest BCUT2D eigenvalue weighted by atomic mass is 10.2. The quantitative estimate of drug-likeness (QED) is 0.819. The summed E-state index contributed by atoms with van der Waals surface area (Å²) < 4.78 is 21.3. The number of hydrogen-bond acceptors (Lipinski definition) is 6. The van der Waals surface area contributed by atoms with Crippen molar-refractivity contribution in [3.05, 3.63) is 46.2 Å². The predicted molar refractivity (Wildman–Crippen MR) is 77.8 cm³/mol. The molecule has 8 heteroatoms. The van der Waals surface area contributed by atoms with Crippen LogP contribution in [-0.4, -0.2) is 28.1 Å². The van der Waals surface area contributed by atoms with Gasteiger partial charge in [0.25, 0.3) is 5.91 Å². The van der Waals surface area contributed by atoms with Gasteiger partial charge in [-0.1, -0.05) is 23.5 Å². The minimum atomic E-state index is -0.608. The lowest BCUT2D eigenvalue weighted by molar-refractivity contribution is -0.124. The number of carbonyl (C=O) groups is 2. The van der Waals surface area contributed by atoms with Crippen LogP contribution in [0.5, 0.6) is 0 Å². The van der Waals surface area contributed by atoms with E-state index in [1.807, 2.05) is 6.92 Å². The summed E-state index contributed by atoms with van der Waals surface area (Å²) in [4.78, 5) is 23.7. The molecule has 0 aliphatic heterocycles. The number of aromatic nitrogens is 2. The van der Waals surface area contributed by atoms with Gasteiger partial charge in [0.2, 0.25) is 0 Å². The Morgan fingerprint density at radius 2 is 2.05 bits per heavy atom. The third kappa shape index (κ3) is 4.32. The normalized spacial score (nSPS) is 10.3. The Balaban J connectivity index is 1.78. The van der Waals surface area contributed by atoms with Gasteiger partial charge in [-0.25, -0.2) is 9.18 Å². The van der Waals surface area contributed by atoms with E-state index in [4.69, 9.17) is 4.74 Å². The van der Waals surface area contributed by atoms with Crippen molar-refractivity contribution in [2.75, 3.05) is 6.61 Å². The molecule has 0 bridgehead atoms. The zero-order valence-corrected chi connectivity index (χ0v) is 12.7. The summed E-state index contributed by atoms with van der Waals surface area (Å²) in [5, 5.41) is 6.38. The highest BCUT2D eigenvalue weighted by Gasteiger charge is 2.17. The standard InChI is InChI=1S/C14H14FN3O3S/c1-2-11-13(22-18-17-11)14(20)21-8-12(19)16-7-9-3-5-10(15)6-4-9/h3-6H,2,7-8H2,1H3,(H,16,19). The Morgan fingerprint density at radius 3 is 2.73 bits per heavy atom. The summed E-state index contributed by atoms with van der Waals surface area (Å²) in [6, 6.07) is 5.76. The molecule has 0 saturated heterocycles. The molecular formula is C14H14FN3O3S. The Morgan fingerprint density at radius 1 is 1.32 bits per heavy atom. The third-order valence-electron chi connectivity index (χ3n) is 2.81. The van der Waals surface area contributed by atoms with E-state index in [2.05, 4.69) is 14.9 Å². The number of ether oxygens (including phenoxy) is 1. The van der Waals surface area contributed by atoms with Crippen LogP contribution >= 0.6 is 11.5 Å². The second kappa shape index (κ2) is 7.60. The van der Waals surface area contributed by atoms with Crippen molar-refractivity contribution < 1.29 is 18.7 Å². The molecule has 0 aliphatic carbocycles. The number of hydrogen-bond donors (Lipinski definition) is 1. The minimum Gasteiger partial charge on any atom is -0.451 e. The highest BCUT2D eigenvalue weighted by atomic mass is 32.1. The summed E-state index contributed by atoms with van der Waals surface area (Å²) in [7, 11) is 0. The summed E-state index contributed by atoms with van der Waals surface area (Å²) in [6.45, 7) is 1.70. The van der Waals surface area contributed by atoms with E-state index in [0.717, 1.165) is 17.1 Å². The Bertz CT molecular complexity index is 658. The van der Waals surface area contributed by atoms with E-state index in [9.17, 15) is 14.0 Å². The molecule has 1 N–H and O–H groups in total. The van der Waals surface area contributed by atoms with Gasteiger partial charge in [-0.3, -0.25) is 4.79 Å². The minimum absolute atomic E-state index is 0.235. The van der Waals surface area contributed by atoms with Gasteiger partial charge in [0.05, 0.1) is 5.69 Å². The number of benzene rings is 1. The molecule has 1 amide bonds. The van der Waals surface area contributed by atoms with Gasteiger partial charge in [0.1, 0.15) is 5.82 Å². The number of rotatable bonds is 6. The van der Waals surface area contributed by atoms with E-state index in [-0.39, 0.29) is 19.0 Å². The Labute approximate surface area is 130 Å². The molecule has 22 heavy (non-hydrogen) atoms. The van der Waals surface area contributed by atoms with E-state index >= 15 is 0 Å².